The molecule has 1 aromatic heterocycles. The first-order chi connectivity index (χ1) is 15.0. The molecule has 4 rings (SSSR count). The summed E-state index contributed by atoms with van der Waals surface area (Å²) in [5.41, 5.74) is 0.844. The first kappa shape index (κ1) is 21.0. The Kier molecular flexibility index (Phi) is 6.02. The van der Waals surface area contributed by atoms with Crippen LogP contribution in [0.2, 0.25) is 0 Å². The molecule has 0 bridgehead atoms. The first-order valence-corrected chi connectivity index (χ1v) is 10.4. The fourth-order valence-electron chi connectivity index (χ4n) is 4.03. The van der Waals surface area contributed by atoms with Gasteiger partial charge in [0.15, 0.2) is 5.54 Å². The Morgan fingerprint density at radius 2 is 2.13 bits per heavy atom. The number of rotatable bonds is 5. The third-order valence-electron chi connectivity index (χ3n) is 5.94. The van der Waals surface area contributed by atoms with Gasteiger partial charge in [0.25, 0.3) is 0 Å². The van der Waals surface area contributed by atoms with E-state index in [1.54, 1.807) is 13.1 Å². The SMILES string of the molecule is CC1(C#N)c2cnc(NC3CCOCC3)nc2CN1C(=O)N[C@H](CO)c1ccccc1. The maximum absolute atomic E-state index is 13.1. The largest absolute Gasteiger partial charge is 0.394 e. The number of aliphatic hydroxyl groups is 1. The van der Waals surface area contributed by atoms with Crippen molar-refractivity contribution in [3.8, 4) is 6.07 Å². The number of hydrogen-bond donors (Lipinski definition) is 3. The monoisotopic (exact) mass is 422 g/mol. The van der Waals surface area contributed by atoms with E-state index in [-0.39, 0.29) is 19.2 Å². The molecule has 2 aliphatic heterocycles. The lowest BCUT2D eigenvalue weighted by atomic mass is 9.96. The van der Waals surface area contributed by atoms with E-state index in [0.29, 0.717) is 30.4 Å². The molecule has 3 heterocycles. The normalized spacial score (nSPS) is 21.8. The Morgan fingerprint density at radius 1 is 1.39 bits per heavy atom. The van der Waals surface area contributed by atoms with Crippen LogP contribution in [0.5, 0.6) is 0 Å². The molecule has 9 nitrogen and oxygen atoms in total. The molecule has 1 unspecified atom stereocenters. The van der Waals surface area contributed by atoms with Crippen LogP contribution in [0.15, 0.2) is 36.5 Å². The summed E-state index contributed by atoms with van der Waals surface area (Å²) < 4.78 is 5.38. The van der Waals surface area contributed by atoms with Crippen molar-refractivity contribution < 1.29 is 14.6 Å². The smallest absolute Gasteiger partial charge is 0.319 e. The highest BCUT2D eigenvalue weighted by molar-refractivity contribution is 5.77. The minimum absolute atomic E-state index is 0.184. The van der Waals surface area contributed by atoms with Gasteiger partial charge in [0, 0.05) is 31.0 Å². The van der Waals surface area contributed by atoms with Gasteiger partial charge in [-0.25, -0.2) is 14.8 Å². The highest BCUT2D eigenvalue weighted by atomic mass is 16.5. The molecule has 1 fully saturated rings. The standard InChI is InChI=1S/C22H26N6O3/c1-22(14-23)17-11-24-20(25-16-7-9-31-10-8-16)26-18(17)12-28(22)21(30)27-19(13-29)15-5-3-2-4-6-15/h2-6,11,16,19,29H,7-10,12-13H2,1H3,(H,27,30)(H,24,25,26)/t19-,22?/m1/s1. The number of aliphatic hydroxyl groups excluding tert-OH is 1. The van der Waals surface area contributed by atoms with Crippen LogP contribution in [0, 0.1) is 11.3 Å². The molecule has 162 valence electrons. The number of fused-ring (bicyclic) bond motifs is 1. The average Bonchev–Trinajstić information content (AvgIpc) is 3.11. The van der Waals surface area contributed by atoms with Crippen LogP contribution in [-0.2, 0) is 16.8 Å². The van der Waals surface area contributed by atoms with Crippen molar-refractivity contribution >= 4 is 12.0 Å². The number of nitrogens with zero attached hydrogens (tertiary/aromatic N) is 4. The summed E-state index contributed by atoms with van der Waals surface area (Å²) in [6, 6.07) is 10.7. The van der Waals surface area contributed by atoms with E-state index in [0.717, 1.165) is 18.4 Å². The Morgan fingerprint density at radius 3 is 2.81 bits per heavy atom. The van der Waals surface area contributed by atoms with Gasteiger partial charge in [0.1, 0.15) is 0 Å². The van der Waals surface area contributed by atoms with Crippen LogP contribution in [0.25, 0.3) is 0 Å². The predicted octanol–water partition coefficient (Wildman–Crippen LogP) is 2.07. The molecule has 2 aromatic rings. The summed E-state index contributed by atoms with van der Waals surface area (Å²) in [7, 11) is 0. The third kappa shape index (κ3) is 4.17. The number of ether oxygens (including phenoxy) is 1. The van der Waals surface area contributed by atoms with Gasteiger partial charge >= 0.3 is 6.03 Å². The first-order valence-electron chi connectivity index (χ1n) is 10.4. The Bertz CT molecular complexity index is 973. The van der Waals surface area contributed by atoms with Crippen molar-refractivity contribution in [2.45, 2.75) is 43.9 Å². The van der Waals surface area contributed by atoms with Crippen LogP contribution in [-0.4, -0.2) is 51.9 Å². The van der Waals surface area contributed by atoms with Gasteiger partial charge in [0.05, 0.1) is 31.0 Å². The van der Waals surface area contributed by atoms with Gasteiger partial charge < -0.3 is 20.5 Å². The fourth-order valence-corrected chi connectivity index (χ4v) is 4.03. The van der Waals surface area contributed by atoms with E-state index in [9.17, 15) is 15.2 Å². The minimum atomic E-state index is -1.20. The van der Waals surface area contributed by atoms with E-state index < -0.39 is 17.6 Å². The molecule has 2 amide bonds. The number of anilines is 1. The van der Waals surface area contributed by atoms with E-state index in [2.05, 4.69) is 26.7 Å². The summed E-state index contributed by atoms with van der Waals surface area (Å²) in [4.78, 5) is 23.5. The predicted molar refractivity (Wildman–Crippen MR) is 113 cm³/mol. The van der Waals surface area contributed by atoms with Gasteiger partial charge in [-0.05, 0) is 25.3 Å². The number of carbonyl (C=O) groups is 1. The number of urea groups is 1. The van der Waals surface area contributed by atoms with E-state index in [1.807, 2.05) is 30.3 Å². The number of nitrogens with one attached hydrogen (secondary N) is 2. The second-order valence-electron chi connectivity index (χ2n) is 7.95. The lowest BCUT2D eigenvalue weighted by Gasteiger charge is -2.31. The number of aromatic nitrogens is 2. The van der Waals surface area contributed by atoms with Crippen molar-refractivity contribution in [2.24, 2.45) is 0 Å². The molecular formula is C22H26N6O3. The molecule has 0 aliphatic carbocycles. The zero-order valence-corrected chi connectivity index (χ0v) is 17.4. The second kappa shape index (κ2) is 8.88. The molecule has 3 N–H and O–H groups in total. The molecule has 2 atom stereocenters. The summed E-state index contributed by atoms with van der Waals surface area (Å²) in [5, 5.41) is 25.9. The number of benzene rings is 1. The van der Waals surface area contributed by atoms with E-state index in [4.69, 9.17) is 4.74 Å². The van der Waals surface area contributed by atoms with Gasteiger partial charge in [-0.3, -0.25) is 4.90 Å². The van der Waals surface area contributed by atoms with Crippen LogP contribution in [0.4, 0.5) is 10.7 Å². The molecule has 0 spiro atoms. The van der Waals surface area contributed by atoms with Gasteiger partial charge in [0.2, 0.25) is 5.95 Å². The second-order valence-corrected chi connectivity index (χ2v) is 7.95. The minimum Gasteiger partial charge on any atom is -0.394 e. The van der Waals surface area contributed by atoms with E-state index >= 15 is 0 Å². The maximum Gasteiger partial charge on any atom is 0.319 e. The third-order valence-corrected chi connectivity index (χ3v) is 5.94. The summed E-state index contributed by atoms with van der Waals surface area (Å²) in [6.07, 6.45) is 3.39. The van der Waals surface area contributed by atoms with E-state index in [1.165, 1.54) is 4.90 Å². The summed E-state index contributed by atoms with van der Waals surface area (Å²) in [6.45, 7) is 3.03. The van der Waals surface area contributed by atoms with Crippen molar-refractivity contribution in [1.82, 2.24) is 20.2 Å². The Hall–Kier alpha value is -3.22. The van der Waals surface area contributed by atoms with Crippen molar-refractivity contribution in [3.05, 3.63) is 53.3 Å². The number of nitriles is 1. The summed E-state index contributed by atoms with van der Waals surface area (Å²) in [5.74, 6) is 0.491. The molecule has 1 aromatic carbocycles. The average molecular weight is 422 g/mol. The number of carbonyl (C=O) groups excluding carboxylic acids is 1. The highest BCUT2D eigenvalue weighted by Gasteiger charge is 2.46. The molecule has 9 heteroatoms. The van der Waals surface area contributed by atoms with Gasteiger partial charge in [-0.1, -0.05) is 30.3 Å². The highest BCUT2D eigenvalue weighted by Crippen LogP contribution is 2.38. The quantitative estimate of drug-likeness (QED) is 0.674. The van der Waals surface area contributed by atoms with Gasteiger partial charge in [-0.2, -0.15) is 5.26 Å². The molecule has 0 radical (unpaired) electrons. The van der Waals surface area contributed by atoms with Crippen molar-refractivity contribution in [3.63, 3.8) is 0 Å². The lowest BCUT2D eigenvalue weighted by Crippen LogP contribution is -2.48. The Labute approximate surface area is 181 Å². The zero-order chi connectivity index (χ0) is 21.8. The number of amides is 2. The van der Waals surface area contributed by atoms with Crippen LogP contribution in [0.3, 0.4) is 0 Å². The molecule has 1 saturated heterocycles. The fraction of sp³-hybridized carbons (Fsp3) is 0.455. The van der Waals surface area contributed by atoms with Gasteiger partial charge in [-0.15, -0.1) is 0 Å². The molecule has 31 heavy (non-hydrogen) atoms. The molecule has 0 saturated carbocycles. The molecule has 2 aliphatic rings. The molecular weight excluding hydrogens is 396 g/mol. The Balaban J connectivity index is 1.52. The summed E-state index contributed by atoms with van der Waals surface area (Å²) >= 11 is 0. The van der Waals surface area contributed by atoms with Crippen molar-refractivity contribution in [2.75, 3.05) is 25.1 Å². The van der Waals surface area contributed by atoms with Crippen LogP contribution in [0.1, 0.15) is 42.6 Å². The van der Waals surface area contributed by atoms with Crippen LogP contribution < -0.4 is 10.6 Å². The van der Waals surface area contributed by atoms with Crippen LogP contribution >= 0.6 is 0 Å². The van der Waals surface area contributed by atoms with Crippen molar-refractivity contribution in [1.29, 1.82) is 5.26 Å². The zero-order valence-electron chi connectivity index (χ0n) is 17.4. The maximum atomic E-state index is 13.1. The lowest BCUT2D eigenvalue weighted by molar-refractivity contribution is 0.0903. The topological polar surface area (TPSA) is 123 Å². The number of hydrogen-bond acceptors (Lipinski definition) is 7.